The van der Waals surface area contributed by atoms with E-state index < -0.39 is 0 Å². The van der Waals surface area contributed by atoms with E-state index in [-0.39, 0.29) is 0 Å². The molecule has 0 atom stereocenters. The molecular formula is C16H17NO. The van der Waals surface area contributed by atoms with Gasteiger partial charge in [0.25, 0.3) is 0 Å². The van der Waals surface area contributed by atoms with Crippen molar-refractivity contribution < 1.29 is 4.79 Å². The third-order valence-corrected chi connectivity index (χ3v) is 2.84. The maximum atomic E-state index is 10.8. The first-order valence-corrected chi connectivity index (χ1v) is 5.99. The van der Waals surface area contributed by atoms with Gasteiger partial charge in [-0.25, -0.2) is 0 Å². The van der Waals surface area contributed by atoms with Gasteiger partial charge in [0, 0.05) is 12.1 Å². The Labute approximate surface area is 108 Å². The number of nitrogens with zero attached hydrogens (tertiary/aromatic N) is 1. The van der Waals surface area contributed by atoms with Crippen LogP contribution in [0.2, 0.25) is 0 Å². The third-order valence-electron chi connectivity index (χ3n) is 2.84. The second-order valence-corrected chi connectivity index (χ2v) is 4.64. The van der Waals surface area contributed by atoms with Gasteiger partial charge in [-0.1, -0.05) is 42.5 Å². The van der Waals surface area contributed by atoms with Gasteiger partial charge in [0.15, 0.2) is 0 Å². The highest BCUT2D eigenvalue weighted by atomic mass is 16.1. The number of hydrogen-bond donors (Lipinski definition) is 0. The van der Waals surface area contributed by atoms with Crippen LogP contribution in [0.4, 0.5) is 0 Å². The van der Waals surface area contributed by atoms with E-state index in [1.165, 1.54) is 11.1 Å². The van der Waals surface area contributed by atoms with Crippen molar-refractivity contribution in [3.8, 4) is 11.1 Å². The normalized spacial score (nSPS) is 10.6. The lowest BCUT2D eigenvalue weighted by Crippen LogP contribution is -2.11. The molecule has 0 saturated carbocycles. The van der Waals surface area contributed by atoms with Gasteiger partial charge < -0.3 is 4.90 Å². The molecule has 0 amide bonds. The minimum absolute atomic E-state index is 0.715. The van der Waals surface area contributed by atoms with Crippen molar-refractivity contribution >= 4 is 6.29 Å². The topological polar surface area (TPSA) is 20.3 Å². The summed E-state index contributed by atoms with van der Waals surface area (Å²) in [5.74, 6) is 0. The van der Waals surface area contributed by atoms with Crippen LogP contribution in [0.1, 0.15) is 15.9 Å². The zero-order chi connectivity index (χ0) is 13.0. The summed E-state index contributed by atoms with van der Waals surface area (Å²) in [5, 5.41) is 0. The number of benzene rings is 2. The maximum Gasteiger partial charge on any atom is 0.150 e. The van der Waals surface area contributed by atoms with E-state index in [2.05, 4.69) is 31.1 Å². The summed E-state index contributed by atoms with van der Waals surface area (Å²) in [7, 11) is 4.11. The maximum absolute atomic E-state index is 10.8. The molecule has 0 spiro atoms. The SMILES string of the molecule is CN(C)Cc1ccccc1-c1cccc(C=O)c1. The predicted octanol–water partition coefficient (Wildman–Crippen LogP) is 3.23. The largest absolute Gasteiger partial charge is 0.305 e. The lowest BCUT2D eigenvalue weighted by molar-refractivity contribution is 0.112. The zero-order valence-corrected chi connectivity index (χ0v) is 10.8. The molecule has 0 saturated heterocycles. The molecule has 18 heavy (non-hydrogen) atoms. The fourth-order valence-corrected chi connectivity index (χ4v) is 2.06. The van der Waals surface area contributed by atoms with Gasteiger partial charge in [-0.05, 0) is 36.9 Å². The molecule has 0 N–H and O–H groups in total. The molecule has 0 unspecified atom stereocenters. The summed E-state index contributed by atoms with van der Waals surface area (Å²) in [6, 6.07) is 16.0. The molecule has 0 bridgehead atoms. The average molecular weight is 239 g/mol. The predicted molar refractivity (Wildman–Crippen MR) is 74.7 cm³/mol. The van der Waals surface area contributed by atoms with Crippen LogP contribution in [0.5, 0.6) is 0 Å². The van der Waals surface area contributed by atoms with Gasteiger partial charge in [0.1, 0.15) is 6.29 Å². The molecule has 0 fully saturated rings. The molecule has 0 aliphatic rings. The average Bonchev–Trinajstić information content (AvgIpc) is 2.39. The molecule has 2 heteroatoms. The lowest BCUT2D eigenvalue weighted by atomic mass is 9.98. The van der Waals surface area contributed by atoms with Crippen molar-refractivity contribution in [1.82, 2.24) is 4.90 Å². The van der Waals surface area contributed by atoms with Gasteiger partial charge in [-0.2, -0.15) is 0 Å². The van der Waals surface area contributed by atoms with Crippen LogP contribution in [-0.2, 0) is 6.54 Å². The third kappa shape index (κ3) is 2.84. The van der Waals surface area contributed by atoms with E-state index in [9.17, 15) is 4.79 Å². The fourth-order valence-electron chi connectivity index (χ4n) is 2.06. The van der Waals surface area contributed by atoms with Crippen LogP contribution < -0.4 is 0 Å². The van der Waals surface area contributed by atoms with Crippen molar-refractivity contribution in [3.63, 3.8) is 0 Å². The monoisotopic (exact) mass is 239 g/mol. The van der Waals surface area contributed by atoms with Crippen molar-refractivity contribution in [1.29, 1.82) is 0 Å². The summed E-state index contributed by atoms with van der Waals surface area (Å²) in [4.78, 5) is 13.0. The van der Waals surface area contributed by atoms with Crippen LogP contribution in [0.25, 0.3) is 11.1 Å². The van der Waals surface area contributed by atoms with E-state index >= 15 is 0 Å². The van der Waals surface area contributed by atoms with E-state index in [1.807, 2.05) is 36.4 Å². The Bertz CT molecular complexity index is 546. The van der Waals surface area contributed by atoms with Crippen LogP contribution in [0.3, 0.4) is 0 Å². The molecule has 2 aromatic rings. The van der Waals surface area contributed by atoms with E-state index in [4.69, 9.17) is 0 Å². The molecule has 2 nitrogen and oxygen atoms in total. The highest BCUT2D eigenvalue weighted by Gasteiger charge is 2.05. The van der Waals surface area contributed by atoms with Gasteiger partial charge in [-0.3, -0.25) is 4.79 Å². The standard InChI is InChI=1S/C16H17NO/c1-17(2)11-15-7-3-4-9-16(15)14-8-5-6-13(10-14)12-18/h3-10,12H,11H2,1-2H3. The van der Waals surface area contributed by atoms with Gasteiger partial charge in [0.2, 0.25) is 0 Å². The van der Waals surface area contributed by atoms with Crippen molar-refractivity contribution in [2.45, 2.75) is 6.54 Å². The van der Waals surface area contributed by atoms with Crippen LogP contribution in [-0.4, -0.2) is 25.3 Å². The molecule has 0 radical (unpaired) electrons. The Hall–Kier alpha value is -1.93. The van der Waals surface area contributed by atoms with Gasteiger partial charge >= 0.3 is 0 Å². The number of carbonyl (C=O) groups is 1. The van der Waals surface area contributed by atoms with Crippen molar-refractivity contribution in [3.05, 3.63) is 59.7 Å². The Kier molecular flexibility index (Phi) is 3.90. The van der Waals surface area contributed by atoms with E-state index in [1.54, 1.807) is 0 Å². The molecule has 0 heterocycles. The molecule has 0 aliphatic carbocycles. The van der Waals surface area contributed by atoms with Crippen LogP contribution in [0, 0.1) is 0 Å². The summed E-state index contributed by atoms with van der Waals surface area (Å²) in [5.41, 5.74) is 4.27. The second-order valence-electron chi connectivity index (χ2n) is 4.64. The molecule has 0 aliphatic heterocycles. The minimum Gasteiger partial charge on any atom is -0.305 e. The Balaban J connectivity index is 2.45. The number of hydrogen-bond acceptors (Lipinski definition) is 2. The number of carbonyl (C=O) groups excluding carboxylic acids is 1. The highest BCUT2D eigenvalue weighted by molar-refractivity contribution is 5.79. The summed E-state index contributed by atoms with van der Waals surface area (Å²) < 4.78 is 0. The van der Waals surface area contributed by atoms with E-state index in [0.717, 1.165) is 18.4 Å². The first kappa shape index (κ1) is 12.5. The molecule has 0 aromatic heterocycles. The number of rotatable bonds is 4. The lowest BCUT2D eigenvalue weighted by Gasteiger charge is -2.14. The Morgan fingerprint density at radius 1 is 1.06 bits per heavy atom. The zero-order valence-electron chi connectivity index (χ0n) is 10.8. The molecule has 2 aromatic carbocycles. The highest BCUT2D eigenvalue weighted by Crippen LogP contribution is 2.24. The van der Waals surface area contributed by atoms with Gasteiger partial charge in [-0.15, -0.1) is 0 Å². The Morgan fingerprint density at radius 2 is 1.83 bits per heavy atom. The summed E-state index contributed by atoms with van der Waals surface area (Å²) in [6.45, 7) is 0.890. The molecule has 92 valence electrons. The first-order valence-electron chi connectivity index (χ1n) is 5.99. The molecule has 2 rings (SSSR count). The van der Waals surface area contributed by atoms with Gasteiger partial charge in [0.05, 0.1) is 0 Å². The molecular weight excluding hydrogens is 222 g/mol. The Morgan fingerprint density at radius 3 is 2.56 bits per heavy atom. The minimum atomic E-state index is 0.715. The van der Waals surface area contributed by atoms with Crippen molar-refractivity contribution in [2.75, 3.05) is 14.1 Å². The summed E-state index contributed by atoms with van der Waals surface area (Å²) >= 11 is 0. The summed E-state index contributed by atoms with van der Waals surface area (Å²) in [6.07, 6.45) is 0.887. The number of aldehydes is 1. The van der Waals surface area contributed by atoms with Crippen LogP contribution >= 0.6 is 0 Å². The second kappa shape index (κ2) is 5.61. The van der Waals surface area contributed by atoms with Crippen LogP contribution in [0.15, 0.2) is 48.5 Å². The first-order chi connectivity index (χ1) is 8.70. The quantitative estimate of drug-likeness (QED) is 0.763. The fraction of sp³-hybridized carbons (Fsp3) is 0.188. The van der Waals surface area contributed by atoms with E-state index in [0.29, 0.717) is 5.56 Å². The van der Waals surface area contributed by atoms with Crippen molar-refractivity contribution in [2.24, 2.45) is 0 Å². The smallest absolute Gasteiger partial charge is 0.150 e.